The molecule has 0 fully saturated rings. The second kappa shape index (κ2) is 5.37. The maximum absolute atomic E-state index is 10.5. The molecule has 76 valence electrons. The Kier molecular flexibility index (Phi) is 4.42. The van der Waals surface area contributed by atoms with Gasteiger partial charge in [-0.25, -0.2) is 0 Å². The molecule has 0 saturated heterocycles. The van der Waals surface area contributed by atoms with E-state index in [4.69, 9.17) is 22.4 Å². The average molecular weight is 279 g/mol. The van der Waals surface area contributed by atoms with E-state index in [1.807, 2.05) is 18.2 Å². The van der Waals surface area contributed by atoms with Gasteiger partial charge in [-0.05, 0) is 0 Å². The second-order valence-corrected chi connectivity index (χ2v) is 5.32. The van der Waals surface area contributed by atoms with Gasteiger partial charge in [0.1, 0.15) is 0 Å². The number of rotatable bonds is 4. The molecule has 0 unspecified atom stereocenters. The van der Waals surface area contributed by atoms with Crippen LogP contribution in [0.15, 0.2) is 24.3 Å². The first-order valence-electron chi connectivity index (χ1n) is 3.97. The zero-order chi connectivity index (χ0) is 10.6. The van der Waals surface area contributed by atoms with Crippen molar-refractivity contribution in [3.63, 3.8) is 0 Å². The van der Waals surface area contributed by atoms with Crippen LogP contribution in [0.2, 0.25) is 10.3 Å². The van der Waals surface area contributed by atoms with Crippen molar-refractivity contribution in [1.82, 2.24) is 0 Å². The van der Waals surface area contributed by atoms with Crippen LogP contribution in [0, 0.1) is 0 Å². The van der Waals surface area contributed by atoms with Gasteiger partial charge in [0.25, 0.3) is 0 Å². The van der Waals surface area contributed by atoms with Crippen LogP contribution in [0.3, 0.4) is 0 Å². The van der Waals surface area contributed by atoms with E-state index in [1.54, 1.807) is 6.07 Å². The van der Waals surface area contributed by atoms with E-state index in [1.165, 1.54) is 0 Å². The first kappa shape index (κ1) is 11.5. The first-order valence-corrected chi connectivity index (χ1v) is 6.41. The fraction of sp³-hybridized carbons (Fsp3) is 0.222. The average Bonchev–Trinajstić information content (AvgIpc) is 2.16. The summed E-state index contributed by atoms with van der Waals surface area (Å²) in [7, 11) is 0. The Hall–Kier alpha value is -0.541. The molecule has 0 amide bonds. The fourth-order valence-corrected chi connectivity index (χ4v) is 3.08. The van der Waals surface area contributed by atoms with Gasteiger partial charge >= 0.3 is 93.3 Å². The third kappa shape index (κ3) is 3.31. The molecule has 0 aliphatic heterocycles. The maximum atomic E-state index is 10.5. The van der Waals surface area contributed by atoms with Crippen LogP contribution >= 0.6 is 11.6 Å². The predicted molar refractivity (Wildman–Crippen MR) is 57.3 cm³/mol. The van der Waals surface area contributed by atoms with Crippen molar-refractivity contribution in [2.45, 2.75) is 11.4 Å². The van der Waals surface area contributed by atoms with Gasteiger partial charge in [0, 0.05) is 0 Å². The van der Waals surface area contributed by atoms with Crippen molar-refractivity contribution < 1.29 is 9.90 Å². The van der Waals surface area contributed by atoms with Gasteiger partial charge in [-0.1, -0.05) is 0 Å². The molecular weight excluding hydrogens is 269 g/mol. The number of hydrogen-bond acceptors (Lipinski definition) is 2. The van der Waals surface area contributed by atoms with Crippen molar-refractivity contribution in [2.24, 2.45) is 5.73 Å². The Balaban J connectivity index is 2.54. The zero-order valence-corrected chi connectivity index (χ0v) is 9.78. The van der Waals surface area contributed by atoms with E-state index in [-0.39, 0.29) is 15.0 Å². The van der Waals surface area contributed by atoms with E-state index in [0.29, 0.717) is 10.3 Å². The van der Waals surface area contributed by atoms with E-state index < -0.39 is 12.0 Å². The molecule has 1 aromatic carbocycles. The van der Waals surface area contributed by atoms with Gasteiger partial charge < -0.3 is 0 Å². The Labute approximate surface area is 93.4 Å². The number of carbonyl (C=O) groups is 1. The molecule has 3 N–H and O–H groups in total. The number of aliphatic carboxylic acids is 1. The standard InChI is InChI=1S/C9H10ClNO2Se/c10-6-3-1-2-4-8(6)14-5-7(11)9(12)13/h1-4,7H,5,11H2,(H,12,13)/t7-/m0/s1. The summed E-state index contributed by atoms with van der Waals surface area (Å²) in [5.74, 6) is -0.959. The molecule has 1 rings (SSSR count). The third-order valence-corrected chi connectivity index (χ3v) is 4.66. The minimum absolute atomic E-state index is 0.0240. The number of hydrogen-bond donors (Lipinski definition) is 2. The zero-order valence-electron chi connectivity index (χ0n) is 7.31. The molecule has 14 heavy (non-hydrogen) atoms. The van der Waals surface area contributed by atoms with Crippen LogP contribution in [0.25, 0.3) is 0 Å². The molecule has 3 nitrogen and oxygen atoms in total. The van der Waals surface area contributed by atoms with Gasteiger partial charge in [-0.3, -0.25) is 0 Å². The molecule has 0 bridgehead atoms. The SMILES string of the molecule is N[C@@H](C[Se]c1ccccc1Cl)C(=O)O. The predicted octanol–water partition coefficient (Wildman–Crippen LogP) is 0.500. The first-order chi connectivity index (χ1) is 6.61. The number of benzene rings is 1. The summed E-state index contributed by atoms with van der Waals surface area (Å²) >= 11 is 5.94. The van der Waals surface area contributed by atoms with Crippen LogP contribution in [0.1, 0.15) is 0 Å². The molecular formula is C9H10ClNO2Se. The van der Waals surface area contributed by atoms with E-state index >= 15 is 0 Å². The van der Waals surface area contributed by atoms with Crippen LogP contribution in [0.5, 0.6) is 0 Å². The number of halogens is 1. The molecule has 0 aromatic heterocycles. The van der Waals surface area contributed by atoms with Crippen molar-refractivity contribution in [1.29, 1.82) is 0 Å². The summed E-state index contributed by atoms with van der Waals surface area (Å²) in [6.45, 7) is 0. The number of carboxylic acids is 1. The van der Waals surface area contributed by atoms with Crippen molar-refractivity contribution >= 4 is 37.0 Å². The van der Waals surface area contributed by atoms with E-state index in [9.17, 15) is 4.79 Å². The Morgan fingerprint density at radius 2 is 2.21 bits per heavy atom. The Bertz CT molecular complexity index is 332. The van der Waals surface area contributed by atoms with Crippen LogP contribution in [-0.4, -0.2) is 32.1 Å². The van der Waals surface area contributed by atoms with Gasteiger partial charge in [0.15, 0.2) is 0 Å². The Morgan fingerprint density at radius 3 is 2.79 bits per heavy atom. The molecule has 0 aliphatic rings. The van der Waals surface area contributed by atoms with Gasteiger partial charge in [0.05, 0.1) is 0 Å². The van der Waals surface area contributed by atoms with Crippen molar-refractivity contribution in [3.8, 4) is 0 Å². The molecule has 1 atom stereocenters. The normalized spacial score (nSPS) is 12.4. The molecule has 0 spiro atoms. The minimum atomic E-state index is -0.959. The quantitative estimate of drug-likeness (QED) is 0.789. The number of carboxylic acid groups (broad SMARTS) is 1. The van der Waals surface area contributed by atoms with Gasteiger partial charge in [-0.15, -0.1) is 0 Å². The summed E-state index contributed by atoms with van der Waals surface area (Å²) in [6, 6.07) is 6.64. The summed E-state index contributed by atoms with van der Waals surface area (Å²) in [5.41, 5.74) is 5.39. The second-order valence-electron chi connectivity index (χ2n) is 2.69. The van der Waals surface area contributed by atoms with Crippen LogP contribution in [0.4, 0.5) is 0 Å². The monoisotopic (exact) mass is 279 g/mol. The Morgan fingerprint density at radius 1 is 1.57 bits per heavy atom. The third-order valence-electron chi connectivity index (χ3n) is 1.57. The molecule has 0 heterocycles. The molecule has 0 radical (unpaired) electrons. The van der Waals surface area contributed by atoms with Crippen molar-refractivity contribution in [2.75, 3.05) is 0 Å². The van der Waals surface area contributed by atoms with Crippen LogP contribution < -0.4 is 10.2 Å². The topological polar surface area (TPSA) is 63.3 Å². The summed E-state index contributed by atoms with van der Waals surface area (Å²) in [6.07, 6.45) is 0. The molecule has 5 heteroatoms. The van der Waals surface area contributed by atoms with Gasteiger partial charge in [-0.2, -0.15) is 0 Å². The van der Waals surface area contributed by atoms with E-state index in [0.717, 1.165) is 4.46 Å². The van der Waals surface area contributed by atoms with E-state index in [2.05, 4.69) is 0 Å². The molecule has 0 aliphatic carbocycles. The fourth-order valence-electron chi connectivity index (χ4n) is 0.813. The summed E-state index contributed by atoms with van der Waals surface area (Å²) in [5, 5.41) is 9.73. The molecule has 0 saturated carbocycles. The van der Waals surface area contributed by atoms with Crippen molar-refractivity contribution in [3.05, 3.63) is 29.3 Å². The summed E-state index contributed by atoms with van der Waals surface area (Å²) in [4.78, 5) is 10.5. The summed E-state index contributed by atoms with van der Waals surface area (Å²) < 4.78 is 0.998. The van der Waals surface area contributed by atoms with Crippen LogP contribution in [-0.2, 0) is 4.79 Å². The number of nitrogens with two attached hydrogens (primary N) is 1. The molecule has 1 aromatic rings. The van der Waals surface area contributed by atoms with Gasteiger partial charge in [0.2, 0.25) is 0 Å².